The van der Waals surface area contributed by atoms with Gasteiger partial charge in [0, 0.05) is 12.2 Å². The molecule has 0 saturated carbocycles. The Morgan fingerprint density at radius 2 is 1.63 bits per heavy atom. The van der Waals surface area contributed by atoms with Crippen LogP contribution in [-0.4, -0.2) is 24.9 Å². The largest absolute Gasteiger partial charge is 0.423 e. The fourth-order valence-electron chi connectivity index (χ4n) is 2.09. The monoisotopic (exact) mass is 442 g/mol. The third kappa shape index (κ3) is 6.29. The average Bonchev–Trinajstić information content (AvgIpc) is 2.66. The fourth-order valence-corrected chi connectivity index (χ4v) is 2.60. The van der Waals surface area contributed by atoms with Crippen molar-refractivity contribution in [2.75, 3.05) is 0 Å². The maximum atomic E-state index is 13.1. The van der Waals surface area contributed by atoms with Gasteiger partial charge < -0.3 is 9.47 Å². The second-order valence-electron chi connectivity index (χ2n) is 5.58. The number of esters is 2. The molecule has 2 rings (SSSR count). The molecule has 11 heteroatoms. The Balaban J connectivity index is 2.17. The molecular formula is C19H13F3O7S. The lowest BCUT2D eigenvalue weighted by Gasteiger charge is -2.13. The van der Waals surface area contributed by atoms with Gasteiger partial charge >= 0.3 is 18.1 Å². The molecule has 0 fully saturated rings. The summed E-state index contributed by atoms with van der Waals surface area (Å²) in [6, 6.07) is 7.21. The van der Waals surface area contributed by atoms with Crippen LogP contribution in [-0.2, 0) is 25.9 Å². The van der Waals surface area contributed by atoms with Crippen molar-refractivity contribution in [3.63, 3.8) is 0 Å². The van der Waals surface area contributed by atoms with Crippen LogP contribution >= 0.6 is 0 Å². The van der Waals surface area contributed by atoms with Crippen molar-refractivity contribution < 1.29 is 45.2 Å². The molecule has 0 aliphatic carbocycles. The van der Waals surface area contributed by atoms with E-state index in [2.05, 4.69) is 11.3 Å². The minimum absolute atomic E-state index is 0.158. The van der Waals surface area contributed by atoms with Crippen molar-refractivity contribution >= 4 is 28.1 Å². The summed E-state index contributed by atoms with van der Waals surface area (Å²) < 4.78 is 79.9. The van der Waals surface area contributed by atoms with Gasteiger partial charge in [0.15, 0.2) is 0 Å². The first-order valence-electron chi connectivity index (χ1n) is 7.93. The van der Waals surface area contributed by atoms with Crippen molar-refractivity contribution in [3.8, 4) is 11.5 Å². The molecule has 0 saturated heterocycles. The number of ether oxygens (including phenoxy) is 2. The van der Waals surface area contributed by atoms with E-state index >= 15 is 0 Å². The van der Waals surface area contributed by atoms with Gasteiger partial charge in [-0.2, -0.15) is 21.6 Å². The average molecular weight is 442 g/mol. The first-order valence-corrected chi connectivity index (χ1v) is 9.37. The van der Waals surface area contributed by atoms with Crippen LogP contribution in [0.25, 0.3) is 6.08 Å². The number of carbonyl (C=O) groups excluding carboxylic acids is 2. The molecule has 1 N–H and O–H groups in total. The number of rotatable bonds is 6. The molecule has 0 unspecified atom stereocenters. The normalized spacial score (nSPS) is 11.9. The summed E-state index contributed by atoms with van der Waals surface area (Å²) in [5.74, 6) is -2.55. The fraction of sp³-hybridized carbons (Fsp3) is 0.0526. The summed E-state index contributed by atoms with van der Waals surface area (Å²) in [5.41, 5.74) is -1.10. The van der Waals surface area contributed by atoms with Crippen LogP contribution in [0.1, 0.15) is 11.1 Å². The van der Waals surface area contributed by atoms with E-state index in [1.54, 1.807) is 0 Å². The predicted octanol–water partition coefficient (Wildman–Crippen LogP) is 3.66. The van der Waals surface area contributed by atoms with Gasteiger partial charge in [-0.15, -0.1) is 0 Å². The summed E-state index contributed by atoms with van der Waals surface area (Å²) in [7, 11) is -4.88. The molecule has 0 aromatic heterocycles. The molecule has 0 atom stereocenters. The van der Waals surface area contributed by atoms with Crippen LogP contribution in [0.15, 0.2) is 66.1 Å². The number of halogens is 3. The van der Waals surface area contributed by atoms with Crippen molar-refractivity contribution in [2.45, 2.75) is 11.1 Å². The van der Waals surface area contributed by atoms with E-state index in [-0.39, 0.29) is 11.8 Å². The van der Waals surface area contributed by atoms with Crippen molar-refractivity contribution in [3.05, 3.63) is 72.3 Å². The van der Waals surface area contributed by atoms with Crippen LogP contribution in [0.3, 0.4) is 0 Å². The number of benzene rings is 2. The molecule has 0 aliphatic rings. The molecule has 0 heterocycles. The van der Waals surface area contributed by atoms with E-state index in [0.29, 0.717) is 17.7 Å². The second-order valence-corrected chi connectivity index (χ2v) is 7.00. The molecule has 7 nitrogen and oxygen atoms in total. The Morgan fingerprint density at radius 1 is 1.00 bits per heavy atom. The van der Waals surface area contributed by atoms with E-state index in [1.165, 1.54) is 30.3 Å². The molecule has 0 spiro atoms. The minimum Gasteiger partial charge on any atom is -0.423 e. The molecule has 0 aliphatic heterocycles. The molecule has 158 valence electrons. The van der Waals surface area contributed by atoms with E-state index in [4.69, 9.17) is 9.29 Å². The molecule has 30 heavy (non-hydrogen) atoms. The van der Waals surface area contributed by atoms with Gasteiger partial charge in [-0.3, -0.25) is 4.55 Å². The summed E-state index contributed by atoms with van der Waals surface area (Å²) in [6.07, 6.45) is -1.98. The first-order chi connectivity index (χ1) is 13.9. The van der Waals surface area contributed by atoms with Gasteiger partial charge in [0.05, 0.1) is 10.5 Å². The topological polar surface area (TPSA) is 107 Å². The number of carbonyl (C=O) groups is 2. The van der Waals surface area contributed by atoms with Crippen molar-refractivity contribution in [2.24, 2.45) is 0 Å². The molecule has 2 aromatic rings. The maximum Gasteiger partial charge on any atom is 0.420 e. The lowest BCUT2D eigenvalue weighted by atomic mass is 10.2. The van der Waals surface area contributed by atoms with Crippen molar-refractivity contribution in [1.29, 1.82) is 0 Å². The highest BCUT2D eigenvalue weighted by Crippen LogP contribution is 2.37. The zero-order chi connectivity index (χ0) is 22.5. The predicted molar refractivity (Wildman–Crippen MR) is 98.2 cm³/mol. The van der Waals surface area contributed by atoms with Crippen LogP contribution in [0.2, 0.25) is 0 Å². The Labute approximate surface area is 168 Å². The molecule has 0 bridgehead atoms. The van der Waals surface area contributed by atoms with Crippen LogP contribution in [0.5, 0.6) is 11.5 Å². The smallest absolute Gasteiger partial charge is 0.420 e. The Kier molecular flexibility index (Phi) is 6.80. The number of hydrogen-bond acceptors (Lipinski definition) is 6. The molecule has 2 aromatic carbocycles. The molecule has 0 radical (unpaired) electrons. The third-order valence-corrected chi connectivity index (χ3v) is 4.29. The second kappa shape index (κ2) is 8.93. The molecule has 0 amide bonds. The molecular weight excluding hydrogens is 429 g/mol. The lowest BCUT2D eigenvalue weighted by molar-refractivity contribution is -0.141. The van der Waals surface area contributed by atoms with Crippen LogP contribution in [0.4, 0.5) is 13.2 Å². The Morgan fingerprint density at radius 3 is 2.17 bits per heavy atom. The summed E-state index contributed by atoms with van der Waals surface area (Å²) in [5, 5.41) is 0. The van der Waals surface area contributed by atoms with Gasteiger partial charge in [-0.05, 0) is 42.0 Å². The Bertz CT molecular complexity index is 1100. The standard InChI is InChI=1S/C19H13F3O7S/c1-2-17(23)28-13-6-3-12(4-7-13)5-10-18(24)29-16-9-8-14(30(25,26)27)11-15(16)19(20,21)22/h2-11H,1H2,(H,25,26,27)/b10-5+. The minimum atomic E-state index is -5.04. The quantitative estimate of drug-likeness (QED) is 0.315. The van der Waals surface area contributed by atoms with Gasteiger partial charge in [0.1, 0.15) is 11.5 Å². The number of hydrogen-bond donors (Lipinski definition) is 1. The van der Waals surface area contributed by atoms with Gasteiger partial charge in [0.2, 0.25) is 0 Å². The van der Waals surface area contributed by atoms with E-state index in [1.807, 2.05) is 0 Å². The Hall–Kier alpha value is -3.44. The summed E-state index contributed by atoms with van der Waals surface area (Å²) in [6.45, 7) is 3.25. The summed E-state index contributed by atoms with van der Waals surface area (Å²) >= 11 is 0. The van der Waals surface area contributed by atoms with Crippen LogP contribution < -0.4 is 9.47 Å². The van der Waals surface area contributed by atoms with Crippen molar-refractivity contribution in [1.82, 2.24) is 0 Å². The third-order valence-electron chi connectivity index (χ3n) is 3.44. The first kappa shape index (κ1) is 22.8. The highest BCUT2D eigenvalue weighted by molar-refractivity contribution is 7.85. The van der Waals surface area contributed by atoms with E-state index in [9.17, 15) is 31.2 Å². The number of alkyl halides is 3. The van der Waals surface area contributed by atoms with E-state index in [0.717, 1.165) is 12.2 Å². The summed E-state index contributed by atoms with van der Waals surface area (Å²) in [4.78, 5) is 22.0. The lowest BCUT2D eigenvalue weighted by Crippen LogP contribution is -2.13. The van der Waals surface area contributed by atoms with Gasteiger partial charge in [-0.25, -0.2) is 9.59 Å². The van der Waals surface area contributed by atoms with E-state index < -0.39 is 44.4 Å². The highest BCUT2D eigenvalue weighted by Gasteiger charge is 2.36. The van der Waals surface area contributed by atoms with Gasteiger partial charge in [-0.1, -0.05) is 18.7 Å². The van der Waals surface area contributed by atoms with Crippen LogP contribution in [0, 0.1) is 0 Å². The zero-order valence-corrected chi connectivity index (χ0v) is 15.7. The maximum absolute atomic E-state index is 13.1. The zero-order valence-electron chi connectivity index (χ0n) is 14.9. The highest BCUT2D eigenvalue weighted by atomic mass is 32.2. The SMILES string of the molecule is C=CC(=O)Oc1ccc(/C=C/C(=O)Oc2ccc(S(=O)(=O)O)cc2C(F)(F)F)cc1. The van der Waals surface area contributed by atoms with Gasteiger partial charge in [0.25, 0.3) is 10.1 Å².